The molecule has 2 aromatic rings. The van der Waals surface area contributed by atoms with Gasteiger partial charge in [0.25, 0.3) is 0 Å². The molecule has 0 bridgehead atoms. The van der Waals surface area contributed by atoms with E-state index in [2.05, 4.69) is 5.32 Å². The predicted molar refractivity (Wildman–Crippen MR) is 74.2 cm³/mol. The normalized spacial score (nSPS) is 14.1. The minimum atomic E-state index is -0.707. The molecule has 0 spiro atoms. The van der Waals surface area contributed by atoms with Crippen LogP contribution in [0.25, 0.3) is 0 Å². The molecule has 0 aliphatic carbocycles. The summed E-state index contributed by atoms with van der Waals surface area (Å²) in [6.45, 7) is 2.42. The lowest BCUT2D eigenvalue weighted by molar-refractivity contribution is 0.170. The first-order chi connectivity index (χ1) is 9.16. The summed E-state index contributed by atoms with van der Waals surface area (Å²) >= 11 is 0. The molecule has 0 amide bonds. The topological polar surface area (TPSA) is 32.3 Å². The molecule has 2 N–H and O–H groups in total. The lowest BCUT2D eigenvalue weighted by atomic mass is 10.1. The van der Waals surface area contributed by atoms with E-state index in [1.807, 2.05) is 37.3 Å². The first kappa shape index (κ1) is 13.7. The predicted octanol–water partition coefficient (Wildman–Crippen LogP) is 3.21. The summed E-state index contributed by atoms with van der Waals surface area (Å²) in [7, 11) is 0. The second-order valence-corrected chi connectivity index (χ2v) is 4.61. The molecule has 100 valence electrons. The molecule has 0 heterocycles. The van der Waals surface area contributed by atoms with Gasteiger partial charge in [-0.25, -0.2) is 4.39 Å². The minimum absolute atomic E-state index is 0.143. The number of rotatable bonds is 5. The number of aliphatic hydroxyl groups is 1. The summed E-state index contributed by atoms with van der Waals surface area (Å²) in [5, 5.41) is 13.3. The van der Waals surface area contributed by atoms with Gasteiger partial charge in [-0.3, -0.25) is 0 Å². The summed E-state index contributed by atoms with van der Waals surface area (Å²) in [5.41, 5.74) is 1.75. The van der Waals surface area contributed by atoms with Crippen molar-refractivity contribution in [2.75, 3.05) is 6.54 Å². The second kappa shape index (κ2) is 6.45. The highest BCUT2D eigenvalue weighted by atomic mass is 19.1. The largest absolute Gasteiger partial charge is 0.387 e. The van der Waals surface area contributed by atoms with Crippen LogP contribution in [0.3, 0.4) is 0 Å². The fourth-order valence-corrected chi connectivity index (χ4v) is 1.98. The molecule has 0 unspecified atom stereocenters. The molecule has 2 atom stereocenters. The molecule has 2 aromatic carbocycles. The molecule has 0 saturated heterocycles. The number of hydrogen-bond acceptors (Lipinski definition) is 2. The number of benzene rings is 2. The lowest BCUT2D eigenvalue weighted by Gasteiger charge is -2.17. The van der Waals surface area contributed by atoms with E-state index in [9.17, 15) is 9.50 Å². The number of hydrogen-bond donors (Lipinski definition) is 2. The molecule has 2 nitrogen and oxygen atoms in total. The minimum Gasteiger partial charge on any atom is -0.387 e. The maximum atomic E-state index is 13.1. The van der Waals surface area contributed by atoms with Gasteiger partial charge in [0.15, 0.2) is 0 Å². The van der Waals surface area contributed by atoms with Crippen molar-refractivity contribution in [2.24, 2.45) is 0 Å². The zero-order valence-corrected chi connectivity index (χ0v) is 10.9. The van der Waals surface area contributed by atoms with Gasteiger partial charge in [-0.05, 0) is 30.2 Å². The van der Waals surface area contributed by atoms with E-state index in [0.717, 1.165) is 5.56 Å². The van der Waals surface area contributed by atoms with Gasteiger partial charge in [-0.2, -0.15) is 0 Å². The highest BCUT2D eigenvalue weighted by Crippen LogP contribution is 2.16. The maximum absolute atomic E-state index is 13.1. The summed E-state index contributed by atoms with van der Waals surface area (Å²) in [6.07, 6.45) is -0.707. The highest BCUT2D eigenvalue weighted by Gasteiger charge is 2.10. The van der Waals surface area contributed by atoms with Gasteiger partial charge in [-0.1, -0.05) is 42.5 Å². The Morgan fingerprint density at radius 1 is 1.05 bits per heavy atom. The SMILES string of the molecule is C[C@@H](NC[C@@H](O)c1cccc(F)c1)c1ccccc1. The summed E-state index contributed by atoms with van der Waals surface area (Å²) in [6, 6.07) is 16.2. The first-order valence-electron chi connectivity index (χ1n) is 6.38. The third-order valence-electron chi connectivity index (χ3n) is 3.15. The number of halogens is 1. The van der Waals surface area contributed by atoms with E-state index >= 15 is 0 Å². The molecule has 0 saturated carbocycles. The Morgan fingerprint density at radius 3 is 2.42 bits per heavy atom. The number of nitrogens with one attached hydrogen (secondary N) is 1. The Morgan fingerprint density at radius 2 is 1.74 bits per heavy atom. The molecule has 0 fully saturated rings. The van der Waals surface area contributed by atoms with Crippen molar-refractivity contribution in [3.05, 3.63) is 71.5 Å². The average Bonchev–Trinajstić information content (AvgIpc) is 2.45. The number of aliphatic hydroxyl groups excluding tert-OH is 1. The van der Waals surface area contributed by atoms with E-state index in [4.69, 9.17) is 0 Å². The van der Waals surface area contributed by atoms with Crippen LogP contribution in [0.1, 0.15) is 30.2 Å². The monoisotopic (exact) mass is 259 g/mol. The quantitative estimate of drug-likeness (QED) is 0.864. The Bertz CT molecular complexity index is 515. The zero-order valence-electron chi connectivity index (χ0n) is 10.9. The Kier molecular flexibility index (Phi) is 4.66. The van der Waals surface area contributed by atoms with Gasteiger partial charge < -0.3 is 10.4 Å². The molecule has 0 aromatic heterocycles. The van der Waals surface area contributed by atoms with E-state index in [-0.39, 0.29) is 11.9 Å². The molecule has 0 aliphatic heterocycles. The van der Waals surface area contributed by atoms with Crippen molar-refractivity contribution in [1.29, 1.82) is 0 Å². The molecular weight excluding hydrogens is 241 g/mol. The third-order valence-corrected chi connectivity index (χ3v) is 3.15. The standard InChI is InChI=1S/C16H18FNO/c1-12(13-6-3-2-4-7-13)18-11-16(19)14-8-5-9-15(17)10-14/h2-10,12,16,18-19H,11H2,1H3/t12-,16-/m1/s1. The van der Waals surface area contributed by atoms with Crippen molar-refractivity contribution < 1.29 is 9.50 Å². The van der Waals surface area contributed by atoms with Gasteiger partial charge in [0.2, 0.25) is 0 Å². The van der Waals surface area contributed by atoms with Crippen LogP contribution >= 0.6 is 0 Å². The Hall–Kier alpha value is -1.71. The Labute approximate surface area is 112 Å². The van der Waals surface area contributed by atoms with Crippen molar-refractivity contribution in [2.45, 2.75) is 19.1 Å². The van der Waals surface area contributed by atoms with Gasteiger partial charge in [0.05, 0.1) is 6.10 Å². The molecule has 3 heteroatoms. The van der Waals surface area contributed by atoms with E-state index in [1.54, 1.807) is 12.1 Å². The van der Waals surface area contributed by atoms with Crippen LogP contribution < -0.4 is 5.32 Å². The van der Waals surface area contributed by atoms with Gasteiger partial charge in [0.1, 0.15) is 5.82 Å². The maximum Gasteiger partial charge on any atom is 0.123 e. The molecule has 0 aliphatic rings. The van der Waals surface area contributed by atoms with Crippen LogP contribution in [0.15, 0.2) is 54.6 Å². The van der Waals surface area contributed by atoms with Crippen LogP contribution in [0.4, 0.5) is 4.39 Å². The van der Waals surface area contributed by atoms with Gasteiger partial charge in [-0.15, -0.1) is 0 Å². The second-order valence-electron chi connectivity index (χ2n) is 4.61. The van der Waals surface area contributed by atoms with Crippen LogP contribution in [-0.2, 0) is 0 Å². The highest BCUT2D eigenvalue weighted by molar-refractivity contribution is 5.20. The van der Waals surface area contributed by atoms with E-state index < -0.39 is 6.10 Å². The fourth-order valence-electron chi connectivity index (χ4n) is 1.98. The average molecular weight is 259 g/mol. The van der Waals surface area contributed by atoms with Gasteiger partial charge >= 0.3 is 0 Å². The van der Waals surface area contributed by atoms with Crippen LogP contribution in [0.2, 0.25) is 0 Å². The molecule has 2 rings (SSSR count). The summed E-state index contributed by atoms with van der Waals surface area (Å²) in [4.78, 5) is 0. The van der Waals surface area contributed by atoms with Crippen molar-refractivity contribution in [3.63, 3.8) is 0 Å². The van der Waals surface area contributed by atoms with Crippen LogP contribution in [-0.4, -0.2) is 11.7 Å². The van der Waals surface area contributed by atoms with Crippen molar-refractivity contribution in [1.82, 2.24) is 5.32 Å². The Balaban J connectivity index is 1.92. The van der Waals surface area contributed by atoms with E-state index in [1.165, 1.54) is 12.1 Å². The smallest absolute Gasteiger partial charge is 0.123 e. The summed E-state index contributed by atoms with van der Waals surface area (Å²) in [5.74, 6) is -0.326. The zero-order chi connectivity index (χ0) is 13.7. The van der Waals surface area contributed by atoms with E-state index in [0.29, 0.717) is 12.1 Å². The molecular formula is C16H18FNO. The van der Waals surface area contributed by atoms with Crippen molar-refractivity contribution in [3.8, 4) is 0 Å². The van der Waals surface area contributed by atoms with Crippen molar-refractivity contribution >= 4 is 0 Å². The van der Waals surface area contributed by atoms with Gasteiger partial charge in [0, 0.05) is 12.6 Å². The van der Waals surface area contributed by atoms with Crippen LogP contribution in [0, 0.1) is 5.82 Å². The first-order valence-corrected chi connectivity index (χ1v) is 6.38. The molecule has 0 radical (unpaired) electrons. The molecule has 19 heavy (non-hydrogen) atoms. The fraction of sp³-hybridized carbons (Fsp3) is 0.250. The summed E-state index contributed by atoms with van der Waals surface area (Å²) < 4.78 is 13.1. The lowest BCUT2D eigenvalue weighted by Crippen LogP contribution is -2.24. The van der Waals surface area contributed by atoms with Crippen LogP contribution in [0.5, 0.6) is 0 Å². The third kappa shape index (κ3) is 3.88.